The number of benzene rings is 1. The first-order valence-electron chi connectivity index (χ1n) is 6.63. The van der Waals surface area contributed by atoms with Crippen LogP contribution in [-0.2, 0) is 11.2 Å². The summed E-state index contributed by atoms with van der Waals surface area (Å²) in [6.45, 7) is 4.09. The smallest absolute Gasteiger partial charge is 0.228 e. The number of hydrogen-bond acceptors (Lipinski definition) is 4. The summed E-state index contributed by atoms with van der Waals surface area (Å²) in [6.07, 6.45) is 4.03. The number of carbonyl (C=O) groups is 1. The van der Waals surface area contributed by atoms with E-state index in [9.17, 15) is 4.79 Å². The Bertz CT molecular complexity index is 649. The van der Waals surface area contributed by atoms with Gasteiger partial charge in [0.2, 0.25) is 11.9 Å². The van der Waals surface area contributed by atoms with Crippen molar-refractivity contribution in [1.82, 2.24) is 9.97 Å². The van der Waals surface area contributed by atoms with Crippen molar-refractivity contribution in [2.24, 2.45) is 0 Å². The summed E-state index contributed by atoms with van der Waals surface area (Å²) in [5, 5.41) is 5.98. The van der Waals surface area contributed by atoms with Crippen LogP contribution in [0.15, 0.2) is 30.6 Å². The number of aromatic nitrogens is 2. The van der Waals surface area contributed by atoms with Crippen LogP contribution < -0.4 is 10.6 Å². The normalized spacial score (nSPS) is 13.2. The van der Waals surface area contributed by atoms with Crippen LogP contribution in [0.5, 0.6) is 0 Å². The minimum atomic E-state index is 0.0462. The van der Waals surface area contributed by atoms with Crippen molar-refractivity contribution < 1.29 is 4.79 Å². The molecule has 0 unspecified atom stereocenters. The Morgan fingerprint density at radius 1 is 1.20 bits per heavy atom. The number of nitrogens with one attached hydrogen (secondary N) is 2. The van der Waals surface area contributed by atoms with Gasteiger partial charge in [0.1, 0.15) is 0 Å². The molecule has 0 bridgehead atoms. The molecule has 0 saturated carbocycles. The van der Waals surface area contributed by atoms with Gasteiger partial charge < -0.3 is 10.6 Å². The molecule has 1 aromatic heterocycles. The van der Waals surface area contributed by atoms with E-state index in [0.29, 0.717) is 18.4 Å². The Kier molecular flexibility index (Phi) is 3.10. The largest absolute Gasteiger partial charge is 0.352 e. The highest BCUT2D eigenvalue weighted by molar-refractivity contribution is 5.99. The monoisotopic (exact) mass is 268 g/mol. The summed E-state index contributed by atoms with van der Waals surface area (Å²) >= 11 is 0. The first-order valence-corrected chi connectivity index (χ1v) is 6.63. The third-order valence-electron chi connectivity index (χ3n) is 3.13. The fraction of sp³-hybridized carbons (Fsp3) is 0.267. The molecule has 2 aromatic rings. The molecule has 5 heteroatoms. The molecular formula is C15H16N4O. The molecular weight excluding hydrogens is 252 g/mol. The number of amides is 1. The van der Waals surface area contributed by atoms with Crippen LogP contribution in [0.3, 0.4) is 0 Å². The van der Waals surface area contributed by atoms with Crippen LogP contribution in [0.2, 0.25) is 0 Å². The van der Waals surface area contributed by atoms with Crippen LogP contribution in [0.1, 0.15) is 19.4 Å². The van der Waals surface area contributed by atoms with Gasteiger partial charge in [0.15, 0.2) is 0 Å². The van der Waals surface area contributed by atoms with Gasteiger partial charge in [0.25, 0.3) is 0 Å². The van der Waals surface area contributed by atoms with Gasteiger partial charge >= 0.3 is 0 Å². The van der Waals surface area contributed by atoms with Gasteiger partial charge in [0, 0.05) is 29.7 Å². The maximum atomic E-state index is 11.4. The van der Waals surface area contributed by atoms with E-state index < -0.39 is 0 Å². The van der Waals surface area contributed by atoms with Crippen molar-refractivity contribution in [3.8, 4) is 11.1 Å². The van der Waals surface area contributed by atoms with Crippen LogP contribution >= 0.6 is 0 Å². The van der Waals surface area contributed by atoms with Gasteiger partial charge in [-0.15, -0.1) is 0 Å². The minimum absolute atomic E-state index is 0.0462. The van der Waals surface area contributed by atoms with Crippen molar-refractivity contribution in [3.63, 3.8) is 0 Å². The summed E-state index contributed by atoms with van der Waals surface area (Å²) < 4.78 is 0. The van der Waals surface area contributed by atoms with Crippen molar-refractivity contribution in [2.75, 3.05) is 10.6 Å². The molecule has 0 fully saturated rings. The lowest BCUT2D eigenvalue weighted by atomic mass is 10.0. The molecule has 102 valence electrons. The van der Waals surface area contributed by atoms with E-state index in [4.69, 9.17) is 0 Å². The highest BCUT2D eigenvalue weighted by Gasteiger charge is 2.17. The van der Waals surface area contributed by atoms with Gasteiger partial charge in [-0.2, -0.15) is 0 Å². The number of carbonyl (C=O) groups excluding carboxylic acids is 1. The zero-order valence-electron chi connectivity index (χ0n) is 11.5. The van der Waals surface area contributed by atoms with Gasteiger partial charge in [-0.25, -0.2) is 9.97 Å². The van der Waals surface area contributed by atoms with Gasteiger partial charge in [0.05, 0.1) is 6.42 Å². The lowest BCUT2D eigenvalue weighted by Crippen LogP contribution is -2.12. The maximum absolute atomic E-state index is 11.4. The molecule has 2 heterocycles. The van der Waals surface area contributed by atoms with Crippen LogP contribution in [0, 0.1) is 0 Å². The molecule has 0 atom stereocenters. The van der Waals surface area contributed by atoms with Crippen molar-refractivity contribution in [2.45, 2.75) is 26.3 Å². The Hall–Kier alpha value is -2.43. The molecule has 1 aliphatic rings. The van der Waals surface area contributed by atoms with Gasteiger partial charge in [-0.3, -0.25) is 4.79 Å². The lowest BCUT2D eigenvalue weighted by Gasteiger charge is -2.08. The van der Waals surface area contributed by atoms with Crippen molar-refractivity contribution >= 4 is 17.5 Å². The van der Waals surface area contributed by atoms with Crippen LogP contribution in [-0.4, -0.2) is 21.9 Å². The maximum Gasteiger partial charge on any atom is 0.228 e. The van der Waals surface area contributed by atoms with E-state index in [2.05, 4.69) is 20.6 Å². The predicted octanol–water partition coefficient (Wildman–Crippen LogP) is 2.46. The summed E-state index contributed by atoms with van der Waals surface area (Å²) in [7, 11) is 0. The first-order chi connectivity index (χ1) is 9.61. The molecule has 1 aliphatic heterocycles. The first kappa shape index (κ1) is 12.6. The quantitative estimate of drug-likeness (QED) is 0.897. The zero-order chi connectivity index (χ0) is 14.1. The second kappa shape index (κ2) is 4.92. The standard InChI is InChI=1S/C15H16N4O/c1-9(2)18-15-16-7-12(8-17-15)10-3-4-13-11(5-10)6-14(20)19-13/h3-5,7-9H,6H2,1-2H3,(H,19,20)(H,16,17,18). The summed E-state index contributed by atoms with van der Waals surface area (Å²) in [6, 6.07) is 6.22. The molecule has 0 spiro atoms. The number of anilines is 2. The molecule has 2 N–H and O–H groups in total. The molecule has 3 rings (SSSR count). The Labute approximate surface area is 117 Å². The Morgan fingerprint density at radius 3 is 2.65 bits per heavy atom. The molecule has 0 radical (unpaired) electrons. The SMILES string of the molecule is CC(C)Nc1ncc(-c2ccc3c(c2)CC(=O)N3)cn1. The second-order valence-corrected chi connectivity index (χ2v) is 5.19. The third-order valence-corrected chi connectivity index (χ3v) is 3.13. The zero-order valence-corrected chi connectivity index (χ0v) is 11.5. The van der Waals surface area contributed by atoms with Gasteiger partial charge in [-0.1, -0.05) is 6.07 Å². The van der Waals surface area contributed by atoms with E-state index in [1.807, 2.05) is 32.0 Å². The van der Waals surface area contributed by atoms with E-state index in [1.54, 1.807) is 12.4 Å². The van der Waals surface area contributed by atoms with E-state index in [1.165, 1.54) is 0 Å². The molecule has 0 saturated heterocycles. The van der Waals surface area contributed by atoms with Gasteiger partial charge in [-0.05, 0) is 37.1 Å². The highest BCUT2D eigenvalue weighted by Crippen LogP contribution is 2.28. The molecule has 5 nitrogen and oxygen atoms in total. The predicted molar refractivity (Wildman–Crippen MR) is 78.6 cm³/mol. The minimum Gasteiger partial charge on any atom is -0.352 e. The third kappa shape index (κ3) is 2.47. The average Bonchev–Trinajstić information content (AvgIpc) is 2.78. The fourth-order valence-electron chi connectivity index (χ4n) is 2.22. The fourth-order valence-corrected chi connectivity index (χ4v) is 2.22. The highest BCUT2D eigenvalue weighted by atomic mass is 16.1. The van der Waals surface area contributed by atoms with Crippen molar-refractivity contribution in [1.29, 1.82) is 0 Å². The Morgan fingerprint density at radius 2 is 1.95 bits per heavy atom. The molecule has 1 aromatic carbocycles. The summed E-state index contributed by atoms with van der Waals surface area (Å²) in [5.41, 5.74) is 3.90. The van der Waals surface area contributed by atoms with Crippen molar-refractivity contribution in [3.05, 3.63) is 36.2 Å². The number of rotatable bonds is 3. The summed E-state index contributed by atoms with van der Waals surface area (Å²) in [5.74, 6) is 0.673. The van der Waals surface area contributed by atoms with E-state index >= 15 is 0 Å². The number of hydrogen-bond donors (Lipinski definition) is 2. The topological polar surface area (TPSA) is 66.9 Å². The average molecular weight is 268 g/mol. The Balaban J connectivity index is 1.86. The summed E-state index contributed by atoms with van der Waals surface area (Å²) in [4.78, 5) is 19.9. The number of fused-ring (bicyclic) bond motifs is 1. The number of nitrogens with zero attached hydrogens (tertiary/aromatic N) is 2. The lowest BCUT2D eigenvalue weighted by molar-refractivity contribution is -0.115. The second-order valence-electron chi connectivity index (χ2n) is 5.19. The van der Waals surface area contributed by atoms with E-state index in [0.717, 1.165) is 22.4 Å². The molecule has 0 aliphatic carbocycles. The van der Waals surface area contributed by atoms with E-state index in [-0.39, 0.29) is 5.91 Å². The molecule has 1 amide bonds. The van der Waals surface area contributed by atoms with Crippen LogP contribution in [0.25, 0.3) is 11.1 Å². The van der Waals surface area contributed by atoms with Crippen LogP contribution in [0.4, 0.5) is 11.6 Å². The molecule has 20 heavy (non-hydrogen) atoms.